The summed E-state index contributed by atoms with van der Waals surface area (Å²) in [4.78, 5) is 11.9. The van der Waals surface area contributed by atoms with Gasteiger partial charge in [0.25, 0.3) is 0 Å². The molecule has 3 N–H and O–H groups in total. The van der Waals surface area contributed by atoms with Gasteiger partial charge in [-0.05, 0) is 30.5 Å². The summed E-state index contributed by atoms with van der Waals surface area (Å²) in [6.07, 6.45) is 0. The van der Waals surface area contributed by atoms with E-state index in [-0.39, 0.29) is 23.9 Å². The molecule has 0 aliphatic carbocycles. The molecule has 0 aliphatic rings. The molecule has 0 heterocycles. The van der Waals surface area contributed by atoms with E-state index >= 15 is 0 Å². The van der Waals surface area contributed by atoms with Gasteiger partial charge in [0.05, 0.1) is 12.7 Å². The van der Waals surface area contributed by atoms with Crippen LogP contribution < -0.4 is 15.4 Å². The number of amides is 2. The minimum atomic E-state index is -0.914. The lowest BCUT2D eigenvalue weighted by Crippen LogP contribution is -2.49. The Hall–Kier alpha value is -1.75. The Morgan fingerprint density at radius 1 is 1.13 bits per heavy atom. The fourth-order valence-electron chi connectivity index (χ4n) is 1.97. The van der Waals surface area contributed by atoms with E-state index < -0.39 is 5.60 Å². The summed E-state index contributed by atoms with van der Waals surface area (Å²) in [5.74, 6) is 0.879. The van der Waals surface area contributed by atoms with Crippen molar-refractivity contribution in [2.24, 2.45) is 5.92 Å². The minimum absolute atomic E-state index is 0.0681. The molecule has 0 aromatic heterocycles. The van der Waals surface area contributed by atoms with Crippen molar-refractivity contribution in [2.75, 3.05) is 20.2 Å². The van der Waals surface area contributed by atoms with Crippen LogP contribution in [-0.4, -0.2) is 36.9 Å². The maximum atomic E-state index is 11.9. The molecule has 0 spiro atoms. The van der Waals surface area contributed by atoms with Crippen molar-refractivity contribution in [2.45, 2.75) is 45.6 Å². The summed E-state index contributed by atoms with van der Waals surface area (Å²) < 4.78 is 5.16. The molecule has 0 saturated heterocycles. The number of urea groups is 1. The highest BCUT2D eigenvalue weighted by Crippen LogP contribution is 2.24. The van der Waals surface area contributed by atoms with Gasteiger partial charge >= 0.3 is 6.03 Å². The van der Waals surface area contributed by atoms with Crippen LogP contribution in [0.2, 0.25) is 0 Å². The molecule has 1 aromatic rings. The van der Waals surface area contributed by atoms with E-state index in [4.69, 9.17) is 4.74 Å². The van der Waals surface area contributed by atoms with Gasteiger partial charge in [-0.3, -0.25) is 0 Å². The third-order valence-corrected chi connectivity index (χ3v) is 4.41. The standard InChI is InChI=1S/C18H30N2O3/c1-13(2)18(5,22)12-20-16(21)19-11-17(3,4)14-7-9-15(23-6)10-8-14/h7-10,13,22H,11-12H2,1-6H3,(H2,19,20,21). The molecule has 130 valence electrons. The highest BCUT2D eigenvalue weighted by atomic mass is 16.5. The maximum Gasteiger partial charge on any atom is 0.314 e. The Bertz CT molecular complexity index is 508. The lowest BCUT2D eigenvalue weighted by atomic mass is 9.84. The third-order valence-electron chi connectivity index (χ3n) is 4.41. The number of benzene rings is 1. The first-order valence-corrected chi connectivity index (χ1v) is 7.97. The van der Waals surface area contributed by atoms with E-state index in [0.717, 1.165) is 11.3 Å². The number of hydrogen-bond donors (Lipinski definition) is 3. The van der Waals surface area contributed by atoms with E-state index in [0.29, 0.717) is 6.54 Å². The first kappa shape index (κ1) is 19.3. The highest BCUT2D eigenvalue weighted by Gasteiger charge is 2.26. The molecular weight excluding hydrogens is 292 g/mol. The van der Waals surface area contributed by atoms with Crippen LogP contribution >= 0.6 is 0 Å². The van der Waals surface area contributed by atoms with Crippen molar-refractivity contribution >= 4 is 6.03 Å². The summed E-state index contributed by atoms with van der Waals surface area (Å²) >= 11 is 0. The van der Waals surface area contributed by atoms with Gasteiger partial charge in [0, 0.05) is 18.5 Å². The number of aliphatic hydroxyl groups is 1. The zero-order chi connectivity index (χ0) is 17.7. The van der Waals surface area contributed by atoms with Gasteiger partial charge in [-0.2, -0.15) is 0 Å². The summed E-state index contributed by atoms with van der Waals surface area (Å²) in [5.41, 5.74) is 0.000275. The van der Waals surface area contributed by atoms with Crippen LogP contribution in [0.25, 0.3) is 0 Å². The first-order chi connectivity index (χ1) is 10.6. The molecule has 1 rings (SSSR count). The van der Waals surface area contributed by atoms with Gasteiger partial charge in [0.1, 0.15) is 5.75 Å². The molecule has 0 saturated carbocycles. The molecule has 5 heteroatoms. The second-order valence-corrected chi connectivity index (χ2v) is 7.16. The topological polar surface area (TPSA) is 70.6 Å². The van der Waals surface area contributed by atoms with Crippen LogP contribution in [0.3, 0.4) is 0 Å². The fourth-order valence-corrected chi connectivity index (χ4v) is 1.97. The smallest absolute Gasteiger partial charge is 0.314 e. The lowest BCUT2D eigenvalue weighted by molar-refractivity contribution is 0.0166. The average Bonchev–Trinajstić information content (AvgIpc) is 2.51. The molecule has 2 amide bonds. The fraction of sp³-hybridized carbons (Fsp3) is 0.611. The number of carbonyl (C=O) groups is 1. The predicted molar refractivity (Wildman–Crippen MR) is 92.9 cm³/mol. The van der Waals surface area contributed by atoms with Crippen molar-refractivity contribution in [3.63, 3.8) is 0 Å². The highest BCUT2D eigenvalue weighted by molar-refractivity contribution is 5.74. The van der Waals surface area contributed by atoms with Gasteiger partial charge in [0.15, 0.2) is 0 Å². The van der Waals surface area contributed by atoms with Crippen molar-refractivity contribution in [3.05, 3.63) is 29.8 Å². The third kappa shape index (κ3) is 5.75. The van der Waals surface area contributed by atoms with Gasteiger partial charge in [-0.1, -0.05) is 39.8 Å². The zero-order valence-electron chi connectivity index (χ0n) is 15.1. The molecule has 1 aromatic carbocycles. The van der Waals surface area contributed by atoms with Gasteiger partial charge in [-0.25, -0.2) is 4.79 Å². The van der Waals surface area contributed by atoms with Crippen LogP contribution in [0, 0.1) is 5.92 Å². The van der Waals surface area contributed by atoms with E-state index in [9.17, 15) is 9.90 Å². The van der Waals surface area contributed by atoms with Crippen LogP contribution in [-0.2, 0) is 5.41 Å². The molecule has 0 aliphatic heterocycles. The molecular formula is C18H30N2O3. The number of hydrogen-bond acceptors (Lipinski definition) is 3. The minimum Gasteiger partial charge on any atom is -0.497 e. The summed E-state index contributed by atoms with van der Waals surface area (Å²) in [6.45, 7) is 10.4. The van der Waals surface area contributed by atoms with Crippen molar-refractivity contribution in [3.8, 4) is 5.75 Å². The van der Waals surface area contributed by atoms with Gasteiger partial charge in [0.2, 0.25) is 0 Å². The van der Waals surface area contributed by atoms with Crippen molar-refractivity contribution in [1.29, 1.82) is 0 Å². The second kappa shape index (κ2) is 7.68. The quantitative estimate of drug-likeness (QED) is 0.723. The zero-order valence-corrected chi connectivity index (χ0v) is 15.1. The van der Waals surface area contributed by atoms with E-state index in [1.54, 1.807) is 14.0 Å². The Kier molecular flexibility index (Phi) is 6.45. The number of carbonyl (C=O) groups excluding carboxylic acids is 1. The van der Waals surface area contributed by atoms with Crippen LogP contribution in [0.4, 0.5) is 4.79 Å². The normalized spacial score (nSPS) is 14.3. The molecule has 23 heavy (non-hydrogen) atoms. The molecule has 1 unspecified atom stereocenters. The van der Waals surface area contributed by atoms with Crippen LogP contribution in [0.15, 0.2) is 24.3 Å². The Morgan fingerprint density at radius 2 is 1.65 bits per heavy atom. The Balaban J connectivity index is 2.53. The van der Waals surface area contributed by atoms with Gasteiger partial charge < -0.3 is 20.5 Å². The number of methoxy groups -OCH3 is 1. The first-order valence-electron chi connectivity index (χ1n) is 7.97. The van der Waals surface area contributed by atoms with Crippen LogP contribution in [0.5, 0.6) is 5.75 Å². The maximum absolute atomic E-state index is 11.9. The average molecular weight is 322 g/mol. The van der Waals surface area contributed by atoms with E-state index in [1.807, 2.05) is 38.1 Å². The summed E-state index contributed by atoms with van der Waals surface area (Å²) in [6, 6.07) is 7.56. The number of ether oxygens (including phenoxy) is 1. The molecule has 0 fully saturated rings. The lowest BCUT2D eigenvalue weighted by Gasteiger charge is -2.29. The summed E-state index contributed by atoms with van der Waals surface area (Å²) in [5, 5.41) is 15.7. The van der Waals surface area contributed by atoms with E-state index in [1.165, 1.54) is 0 Å². The Morgan fingerprint density at radius 3 is 2.13 bits per heavy atom. The number of nitrogens with one attached hydrogen (secondary N) is 2. The van der Waals surface area contributed by atoms with Gasteiger partial charge in [-0.15, -0.1) is 0 Å². The number of rotatable bonds is 7. The molecule has 5 nitrogen and oxygen atoms in total. The largest absolute Gasteiger partial charge is 0.497 e. The summed E-state index contributed by atoms with van der Waals surface area (Å²) in [7, 11) is 1.64. The van der Waals surface area contributed by atoms with E-state index in [2.05, 4.69) is 24.5 Å². The Labute approximate surface area is 139 Å². The monoisotopic (exact) mass is 322 g/mol. The second-order valence-electron chi connectivity index (χ2n) is 7.16. The van der Waals surface area contributed by atoms with Crippen molar-refractivity contribution < 1.29 is 14.6 Å². The predicted octanol–water partition coefficient (Wildman–Crippen LogP) is 2.68. The SMILES string of the molecule is COc1ccc(C(C)(C)CNC(=O)NCC(C)(O)C(C)C)cc1. The molecule has 0 radical (unpaired) electrons. The molecule has 1 atom stereocenters. The molecule has 0 bridgehead atoms. The van der Waals surface area contributed by atoms with Crippen molar-refractivity contribution in [1.82, 2.24) is 10.6 Å². The van der Waals surface area contributed by atoms with Crippen LogP contribution in [0.1, 0.15) is 40.2 Å².